The number of nitrogens with zero attached hydrogens (tertiary/aromatic N) is 1. The third kappa shape index (κ3) is 4.84. The van der Waals surface area contributed by atoms with Gasteiger partial charge in [0.1, 0.15) is 5.75 Å². The second-order valence-electron chi connectivity index (χ2n) is 9.88. The van der Waals surface area contributed by atoms with Crippen molar-refractivity contribution in [3.05, 3.63) is 52.3 Å². The molecule has 3 aromatic rings. The molecule has 5 nitrogen and oxygen atoms in total. The van der Waals surface area contributed by atoms with Crippen molar-refractivity contribution in [2.75, 3.05) is 6.61 Å². The van der Waals surface area contributed by atoms with Crippen molar-refractivity contribution in [2.45, 2.75) is 70.3 Å². The van der Waals surface area contributed by atoms with E-state index in [0.29, 0.717) is 46.1 Å². The van der Waals surface area contributed by atoms with E-state index in [4.69, 9.17) is 21.1 Å². The molecule has 184 valence electrons. The molecule has 34 heavy (non-hydrogen) atoms. The smallest absolute Gasteiger partial charge is 0.417 e. The Labute approximate surface area is 201 Å². The summed E-state index contributed by atoms with van der Waals surface area (Å²) >= 11 is 6.25. The number of aromatic amines is 1. The van der Waals surface area contributed by atoms with E-state index in [-0.39, 0.29) is 11.8 Å². The first-order valence-electron chi connectivity index (χ1n) is 11.2. The molecule has 2 N–H and O–H groups in total. The summed E-state index contributed by atoms with van der Waals surface area (Å²) in [5.41, 5.74) is -1.82. The van der Waals surface area contributed by atoms with Crippen LogP contribution in [0.3, 0.4) is 0 Å². The van der Waals surface area contributed by atoms with Gasteiger partial charge in [-0.2, -0.15) is 13.2 Å². The fourth-order valence-electron chi connectivity index (χ4n) is 4.65. The molecule has 0 bridgehead atoms. The maximum Gasteiger partial charge on any atom is 0.417 e. The van der Waals surface area contributed by atoms with Gasteiger partial charge in [-0.3, -0.25) is 0 Å². The van der Waals surface area contributed by atoms with E-state index in [1.807, 2.05) is 13.8 Å². The summed E-state index contributed by atoms with van der Waals surface area (Å²) in [6.07, 6.45) is -4.01. The topological polar surface area (TPSA) is 67.4 Å². The van der Waals surface area contributed by atoms with Crippen LogP contribution in [-0.2, 0) is 18.3 Å². The van der Waals surface area contributed by atoms with Gasteiger partial charge in [-0.05, 0) is 49.4 Å². The Bertz CT molecular complexity index is 1210. The van der Waals surface area contributed by atoms with E-state index in [9.17, 15) is 18.3 Å². The van der Waals surface area contributed by atoms with Crippen molar-refractivity contribution in [1.82, 2.24) is 9.97 Å². The van der Waals surface area contributed by atoms with Gasteiger partial charge in [-0.1, -0.05) is 25.4 Å². The van der Waals surface area contributed by atoms with Crippen LogP contribution in [0.4, 0.5) is 13.2 Å². The standard InChI is InChI=1S/C25H28ClF3N2O3/c1-14(2)34-21-9-16-8-18(31-20(16)12-30-21)11-24(32,25(27,28)29)13-23(3,4)19-10-17(26)7-15-5-6-33-22(15)19/h7-10,12,14,31-32H,5-6,11,13H2,1-4H3. The summed E-state index contributed by atoms with van der Waals surface area (Å²) in [6, 6.07) is 6.66. The van der Waals surface area contributed by atoms with E-state index >= 15 is 0 Å². The van der Waals surface area contributed by atoms with Crippen LogP contribution in [0.2, 0.25) is 5.02 Å². The fraction of sp³-hybridized carbons (Fsp3) is 0.480. The zero-order valence-corrected chi connectivity index (χ0v) is 20.3. The van der Waals surface area contributed by atoms with Crippen molar-refractivity contribution in [2.24, 2.45) is 0 Å². The quantitative estimate of drug-likeness (QED) is 0.412. The minimum Gasteiger partial charge on any atom is -0.493 e. The molecule has 1 aromatic carbocycles. The molecule has 9 heteroatoms. The predicted octanol–water partition coefficient (Wildman–Crippen LogP) is 6.14. The molecule has 1 unspecified atom stereocenters. The Morgan fingerprint density at radius 2 is 1.94 bits per heavy atom. The third-order valence-electron chi connectivity index (χ3n) is 6.11. The Morgan fingerprint density at radius 3 is 2.62 bits per heavy atom. The third-order valence-corrected chi connectivity index (χ3v) is 6.33. The molecule has 0 saturated carbocycles. The van der Waals surface area contributed by atoms with Gasteiger partial charge in [0, 0.05) is 40.6 Å². The van der Waals surface area contributed by atoms with Crippen molar-refractivity contribution in [3.8, 4) is 11.6 Å². The van der Waals surface area contributed by atoms with Gasteiger partial charge in [0.25, 0.3) is 0 Å². The average Bonchev–Trinajstić information content (AvgIpc) is 3.30. The van der Waals surface area contributed by atoms with Gasteiger partial charge in [-0.15, -0.1) is 0 Å². The highest BCUT2D eigenvalue weighted by molar-refractivity contribution is 6.30. The lowest BCUT2D eigenvalue weighted by atomic mass is 9.73. The largest absolute Gasteiger partial charge is 0.493 e. The zero-order chi connectivity index (χ0) is 24.9. The summed E-state index contributed by atoms with van der Waals surface area (Å²) < 4.78 is 54.2. The van der Waals surface area contributed by atoms with E-state index in [2.05, 4.69) is 9.97 Å². The first-order valence-corrected chi connectivity index (χ1v) is 11.5. The van der Waals surface area contributed by atoms with Crippen molar-refractivity contribution >= 4 is 22.5 Å². The van der Waals surface area contributed by atoms with E-state index in [0.717, 1.165) is 5.56 Å². The van der Waals surface area contributed by atoms with Crippen LogP contribution in [0.1, 0.15) is 50.9 Å². The number of hydrogen-bond acceptors (Lipinski definition) is 4. The number of rotatable bonds is 7. The summed E-state index contributed by atoms with van der Waals surface area (Å²) in [5.74, 6) is 0.948. The lowest BCUT2D eigenvalue weighted by molar-refractivity contribution is -0.266. The highest BCUT2D eigenvalue weighted by Crippen LogP contribution is 2.47. The summed E-state index contributed by atoms with van der Waals surface area (Å²) in [4.78, 5) is 7.14. The summed E-state index contributed by atoms with van der Waals surface area (Å²) in [6.45, 7) is 7.51. The Morgan fingerprint density at radius 1 is 1.21 bits per heavy atom. The second-order valence-corrected chi connectivity index (χ2v) is 10.3. The van der Waals surface area contributed by atoms with E-state index in [1.165, 1.54) is 6.20 Å². The first kappa shape index (κ1) is 24.7. The van der Waals surface area contributed by atoms with Crippen LogP contribution in [0.15, 0.2) is 30.5 Å². The van der Waals surface area contributed by atoms with Crippen molar-refractivity contribution in [1.29, 1.82) is 0 Å². The minimum atomic E-state index is -4.87. The number of aliphatic hydroxyl groups is 1. The number of benzene rings is 1. The molecule has 2 aromatic heterocycles. The number of pyridine rings is 1. The Hall–Kier alpha value is -2.45. The fourth-order valence-corrected chi connectivity index (χ4v) is 4.89. The lowest BCUT2D eigenvalue weighted by Gasteiger charge is -2.38. The summed E-state index contributed by atoms with van der Waals surface area (Å²) in [5, 5.41) is 12.1. The Balaban J connectivity index is 1.67. The number of alkyl halides is 3. The van der Waals surface area contributed by atoms with Gasteiger partial charge in [-0.25, -0.2) is 4.98 Å². The number of ether oxygens (including phenoxy) is 2. The lowest BCUT2D eigenvalue weighted by Crippen LogP contribution is -2.51. The average molecular weight is 497 g/mol. The molecule has 1 atom stereocenters. The van der Waals surface area contributed by atoms with E-state index in [1.54, 1.807) is 38.1 Å². The molecular weight excluding hydrogens is 469 g/mol. The molecule has 0 aliphatic carbocycles. The molecule has 0 spiro atoms. The van der Waals surface area contributed by atoms with Crippen LogP contribution >= 0.6 is 11.6 Å². The number of fused-ring (bicyclic) bond motifs is 2. The normalized spacial score (nSPS) is 15.9. The van der Waals surface area contributed by atoms with Crippen molar-refractivity contribution in [3.63, 3.8) is 0 Å². The van der Waals surface area contributed by atoms with Crippen LogP contribution in [0, 0.1) is 0 Å². The minimum absolute atomic E-state index is 0.0853. The van der Waals surface area contributed by atoms with Gasteiger partial charge in [0.05, 0.1) is 24.4 Å². The maximum absolute atomic E-state index is 14.3. The first-order chi connectivity index (χ1) is 15.8. The number of H-pyrrole nitrogens is 1. The zero-order valence-electron chi connectivity index (χ0n) is 19.5. The SMILES string of the molecule is CC(C)Oc1cc2cc(CC(O)(CC(C)(C)c3cc(Cl)cc4c3OCC4)C(F)(F)F)[nH]c2cn1. The van der Waals surface area contributed by atoms with Gasteiger partial charge >= 0.3 is 6.18 Å². The predicted molar refractivity (Wildman–Crippen MR) is 125 cm³/mol. The number of halogens is 4. The van der Waals surface area contributed by atoms with E-state index < -0.39 is 30.0 Å². The molecular formula is C25H28ClF3N2O3. The maximum atomic E-state index is 14.3. The van der Waals surface area contributed by atoms with Crippen LogP contribution < -0.4 is 9.47 Å². The number of aromatic nitrogens is 2. The molecule has 3 heterocycles. The monoisotopic (exact) mass is 496 g/mol. The Kier molecular flexibility index (Phi) is 6.27. The van der Waals surface area contributed by atoms with Crippen LogP contribution in [-0.4, -0.2) is 39.6 Å². The molecule has 0 radical (unpaired) electrons. The molecule has 4 rings (SSSR count). The highest BCUT2D eigenvalue weighted by atomic mass is 35.5. The summed E-state index contributed by atoms with van der Waals surface area (Å²) in [7, 11) is 0. The van der Waals surface area contributed by atoms with Crippen LogP contribution in [0.5, 0.6) is 11.6 Å². The van der Waals surface area contributed by atoms with Gasteiger partial charge in [0.15, 0.2) is 5.60 Å². The molecule has 0 fully saturated rings. The van der Waals surface area contributed by atoms with Crippen molar-refractivity contribution < 1.29 is 27.8 Å². The van der Waals surface area contributed by atoms with Gasteiger partial charge < -0.3 is 19.6 Å². The molecule has 0 saturated heterocycles. The highest BCUT2D eigenvalue weighted by Gasteiger charge is 2.56. The van der Waals surface area contributed by atoms with Gasteiger partial charge in [0.2, 0.25) is 5.88 Å². The molecule has 1 aliphatic heterocycles. The molecule has 0 amide bonds. The number of hydrogen-bond donors (Lipinski definition) is 2. The van der Waals surface area contributed by atoms with Crippen LogP contribution in [0.25, 0.3) is 10.9 Å². The molecule has 1 aliphatic rings. The number of nitrogens with one attached hydrogen (secondary N) is 1. The second kappa shape index (κ2) is 8.64.